The Hall–Kier alpha value is -0.0800. The number of nitrogens with two attached hydrogens (primary N) is 1. The fraction of sp³-hybridized carbons (Fsp3) is 1.00. The molecule has 0 aromatic heterocycles. The fourth-order valence-electron chi connectivity index (χ4n) is 3.38. The summed E-state index contributed by atoms with van der Waals surface area (Å²) >= 11 is 0. The molecule has 3 N–H and O–H groups in total. The van der Waals surface area contributed by atoms with Gasteiger partial charge in [-0.3, -0.25) is 0 Å². The highest BCUT2D eigenvalue weighted by Crippen LogP contribution is 2.26. The molecule has 0 amide bonds. The minimum atomic E-state index is 0.453. The van der Waals surface area contributed by atoms with Crippen molar-refractivity contribution < 1.29 is 0 Å². The molecule has 0 radical (unpaired) electrons. The first-order chi connectivity index (χ1) is 7.75. The maximum atomic E-state index is 6.25. The predicted octanol–water partition coefficient (Wildman–Crippen LogP) is 2.67. The lowest BCUT2D eigenvalue weighted by Crippen LogP contribution is -2.39. The normalized spacial score (nSPS) is 40.9. The van der Waals surface area contributed by atoms with E-state index < -0.39 is 0 Å². The Labute approximate surface area is 100 Å². The van der Waals surface area contributed by atoms with Crippen molar-refractivity contribution in [3.05, 3.63) is 0 Å². The summed E-state index contributed by atoms with van der Waals surface area (Å²) in [4.78, 5) is 0. The Morgan fingerprint density at radius 1 is 1.06 bits per heavy atom. The van der Waals surface area contributed by atoms with Gasteiger partial charge < -0.3 is 11.1 Å². The maximum Gasteiger partial charge on any atom is 0.00792 e. The molecule has 0 aromatic rings. The molecule has 2 rings (SSSR count). The van der Waals surface area contributed by atoms with Crippen LogP contribution in [0.5, 0.6) is 0 Å². The van der Waals surface area contributed by atoms with E-state index in [0.29, 0.717) is 6.04 Å². The van der Waals surface area contributed by atoms with Gasteiger partial charge in [0, 0.05) is 12.1 Å². The van der Waals surface area contributed by atoms with Crippen LogP contribution < -0.4 is 11.1 Å². The predicted molar refractivity (Wildman–Crippen MR) is 69.4 cm³/mol. The zero-order chi connectivity index (χ0) is 11.4. The standard InChI is InChI=1S/C14H28N2/c1-11-7-8-13(9-11)16-10-12-5-3-2-4-6-14(12)15/h11-14,16H,2-10,15H2,1H3. The van der Waals surface area contributed by atoms with Crippen molar-refractivity contribution in [1.29, 1.82) is 0 Å². The highest BCUT2D eigenvalue weighted by atomic mass is 14.9. The molecule has 2 fully saturated rings. The fourth-order valence-corrected chi connectivity index (χ4v) is 3.38. The Kier molecular flexibility index (Phi) is 4.66. The van der Waals surface area contributed by atoms with Crippen molar-refractivity contribution in [2.45, 2.75) is 70.4 Å². The summed E-state index contributed by atoms with van der Waals surface area (Å²) in [5.41, 5.74) is 6.25. The van der Waals surface area contributed by atoms with Crippen LogP contribution in [0.2, 0.25) is 0 Å². The van der Waals surface area contributed by atoms with Crippen molar-refractivity contribution in [1.82, 2.24) is 5.32 Å². The van der Waals surface area contributed by atoms with Crippen LogP contribution in [0.25, 0.3) is 0 Å². The highest BCUT2D eigenvalue weighted by Gasteiger charge is 2.24. The minimum absolute atomic E-state index is 0.453. The third kappa shape index (κ3) is 3.46. The highest BCUT2D eigenvalue weighted by molar-refractivity contribution is 4.83. The molecule has 0 aromatic carbocycles. The summed E-state index contributed by atoms with van der Waals surface area (Å²) in [5.74, 6) is 1.67. The summed E-state index contributed by atoms with van der Waals surface area (Å²) < 4.78 is 0. The van der Waals surface area contributed by atoms with Crippen LogP contribution in [0.3, 0.4) is 0 Å². The number of hydrogen-bond acceptors (Lipinski definition) is 2. The quantitative estimate of drug-likeness (QED) is 0.723. The SMILES string of the molecule is CC1CCC(NCC2CCCCCC2N)C1. The van der Waals surface area contributed by atoms with Crippen molar-refractivity contribution >= 4 is 0 Å². The monoisotopic (exact) mass is 224 g/mol. The van der Waals surface area contributed by atoms with Gasteiger partial charge in [0.2, 0.25) is 0 Å². The molecule has 2 heteroatoms. The Balaban J connectivity index is 1.71. The lowest BCUT2D eigenvalue weighted by molar-refractivity contribution is 0.351. The third-order valence-electron chi connectivity index (χ3n) is 4.58. The first kappa shape index (κ1) is 12.4. The number of nitrogens with one attached hydrogen (secondary N) is 1. The van der Waals surface area contributed by atoms with Gasteiger partial charge in [-0.05, 0) is 50.5 Å². The van der Waals surface area contributed by atoms with Crippen molar-refractivity contribution in [2.75, 3.05) is 6.54 Å². The molecule has 0 saturated heterocycles. The van der Waals surface area contributed by atoms with Crippen molar-refractivity contribution in [2.24, 2.45) is 17.6 Å². The van der Waals surface area contributed by atoms with E-state index >= 15 is 0 Å². The van der Waals surface area contributed by atoms with Crippen LogP contribution in [0.4, 0.5) is 0 Å². The maximum absolute atomic E-state index is 6.25. The molecule has 0 spiro atoms. The van der Waals surface area contributed by atoms with E-state index in [-0.39, 0.29) is 0 Å². The zero-order valence-electron chi connectivity index (χ0n) is 10.8. The molecule has 0 aliphatic heterocycles. The average Bonchev–Trinajstić information content (AvgIpc) is 2.56. The van der Waals surface area contributed by atoms with Gasteiger partial charge in [0.1, 0.15) is 0 Å². The summed E-state index contributed by atoms with van der Waals surface area (Å²) in [6.07, 6.45) is 10.9. The molecule has 4 atom stereocenters. The second-order valence-corrected chi connectivity index (χ2v) is 6.09. The Bertz CT molecular complexity index is 205. The van der Waals surface area contributed by atoms with E-state index in [4.69, 9.17) is 5.73 Å². The summed E-state index contributed by atoms with van der Waals surface area (Å²) in [7, 11) is 0. The van der Waals surface area contributed by atoms with Crippen LogP contribution in [0, 0.1) is 11.8 Å². The Morgan fingerprint density at radius 2 is 1.88 bits per heavy atom. The first-order valence-corrected chi connectivity index (χ1v) is 7.24. The van der Waals surface area contributed by atoms with Crippen LogP contribution >= 0.6 is 0 Å². The topological polar surface area (TPSA) is 38.0 Å². The van der Waals surface area contributed by atoms with Gasteiger partial charge in [0.25, 0.3) is 0 Å². The lowest BCUT2D eigenvalue weighted by atomic mass is 9.95. The van der Waals surface area contributed by atoms with Gasteiger partial charge in [-0.1, -0.05) is 26.2 Å². The molecule has 2 saturated carbocycles. The van der Waals surface area contributed by atoms with Gasteiger partial charge >= 0.3 is 0 Å². The number of rotatable bonds is 3. The van der Waals surface area contributed by atoms with Crippen LogP contribution in [0.1, 0.15) is 58.3 Å². The van der Waals surface area contributed by atoms with Gasteiger partial charge in [0.05, 0.1) is 0 Å². The summed E-state index contributed by atoms with van der Waals surface area (Å²) in [6.45, 7) is 3.54. The molecule has 94 valence electrons. The van der Waals surface area contributed by atoms with Crippen molar-refractivity contribution in [3.63, 3.8) is 0 Å². The van der Waals surface area contributed by atoms with E-state index in [2.05, 4.69) is 12.2 Å². The summed E-state index contributed by atoms with van der Waals surface area (Å²) in [5, 5.41) is 3.76. The molecule has 2 aliphatic carbocycles. The van der Waals surface area contributed by atoms with Crippen molar-refractivity contribution in [3.8, 4) is 0 Å². The molecule has 0 bridgehead atoms. The van der Waals surface area contributed by atoms with Gasteiger partial charge in [-0.2, -0.15) is 0 Å². The van der Waals surface area contributed by atoms with E-state index in [1.165, 1.54) is 57.9 Å². The average molecular weight is 224 g/mol. The third-order valence-corrected chi connectivity index (χ3v) is 4.58. The first-order valence-electron chi connectivity index (χ1n) is 7.24. The van der Waals surface area contributed by atoms with Crippen LogP contribution in [-0.2, 0) is 0 Å². The molecular weight excluding hydrogens is 196 g/mol. The minimum Gasteiger partial charge on any atom is -0.327 e. The second-order valence-electron chi connectivity index (χ2n) is 6.09. The van der Waals surface area contributed by atoms with E-state index in [9.17, 15) is 0 Å². The van der Waals surface area contributed by atoms with Gasteiger partial charge in [-0.25, -0.2) is 0 Å². The molecule has 4 unspecified atom stereocenters. The molecular formula is C14H28N2. The van der Waals surface area contributed by atoms with E-state index in [1.807, 2.05) is 0 Å². The zero-order valence-corrected chi connectivity index (χ0v) is 10.8. The van der Waals surface area contributed by atoms with E-state index in [0.717, 1.165) is 17.9 Å². The van der Waals surface area contributed by atoms with Crippen LogP contribution in [-0.4, -0.2) is 18.6 Å². The number of hydrogen-bond donors (Lipinski definition) is 2. The smallest absolute Gasteiger partial charge is 0.00792 e. The lowest BCUT2D eigenvalue weighted by Gasteiger charge is -2.24. The molecule has 16 heavy (non-hydrogen) atoms. The molecule has 2 aliphatic rings. The largest absolute Gasteiger partial charge is 0.327 e. The summed E-state index contributed by atoms with van der Waals surface area (Å²) in [6, 6.07) is 1.24. The second kappa shape index (κ2) is 6.02. The molecule has 2 nitrogen and oxygen atoms in total. The van der Waals surface area contributed by atoms with Gasteiger partial charge in [0.15, 0.2) is 0 Å². The van der Waals surface area contributed by atoms with E-state index in [1.54, 1.807) is 0 Å². The van der Waals surface area contributed by atoms with Gasteiger partial charge in [-0.15, -0.1) is 0 Å². The molecule has 0 heterocycles. The van der Waals surface area contributed by atoms with Crippen LogP contribution in [0.15, 0.2) is 0 Å². The Morgan fingerprint density at radius 3 is 2.62 bits per heavy atom.